The molecule has 0 amide bonds. The summed E-state index contributed by atoms with van der Waals surface area (Å²) in [5.74, 6) is 0.557. The minimum absolute atomic E-state index is 0.0471. The van der Waals surface area contributed by atoms with E-state index >= 15 is 0 Å². The summed E-state index contributed by atoms with van der Waals surface area (Å²) in [6.45, 7) is 0.0513. The number of halogens is 1. The van der Waals surface area contributed by atoms with Crippen LogP contribution in [0.4, 0.5) is 10.3 Å². The van der Waals surface area contributed by atoms with E-state index in [1.807, 2.05) is 12.5 Å². The normalized spacial score (nSPS) is 12.3. The number of rotatable bonds is 13. The molecule has 2 aromatic carbocycles. The van der Waals surface area contributed by atoms with Crippen LogP contribution in [0.5, 0.6) is 17.4 Å². The zero-order chi connectivity index (χ0) is 30.4. The molecule has 0 unspecified atom stereocenters. The molecule has 0 saturated heterocycles. The molecule has 0 bridgehead atoms. The van der Waals surface area contributed by atoms with Gasteiger partial charge in [-0.2, -0.15) is 0 Å². The van der Waals surface area contributed by atoms with Gasteiger partial charge < -0.3 is 19.3 Å². The van der Waals surface area contributed by atoms with Crippen molar-refractivity contribution in [3.8, 4) is 34.6 Å². The Morgan fingerprint density at radius 3 is 2.19 bits per heavy atom. The highest BCUT2D eigenvalue weighted by Gasteiger charge is 2.34. The highest BCUT2D eigenvalue weighted by molar-refractivity contribution is 7.95. The molecule has 0 aliphatic rings. The largest absolute Gasteiger partial charge is 0.494 e. The van der Waals surface area contributed by atoms with Gasteiger partial charge in [0.2, 0.25) is 21.9 Å². The van der Waals surface area contributed by atoms with Gasteiger partial charge in [-0.25, -0.2) is 22.1 Å². The third-order valence-electron chi connectivity index (χ3n) is 6.32. The molecule has 4 rings (SSSR count). The van der Waals surface area contributed by atoms with E-state index in [-0.39, 0.29) is 34.8 Å². The molecule has 0 radical (unpaired) electrons. The van der Waals surface area contributed by atoms with Gasteiger partial charge in [-0.05, 0) is 46.8 Å². The Morgan fingerprint density at radius 1 is 0.952 bits per heavy atom. The second-order valence-electron chi connectivity index (χ2n) is 9.34. The van der Waals surface area contributed by atoms with Crippen LogP contribution in [0.15, 0.2) is 60.7 Å². The van der Waals surface area contributed by atoms with Gasteiger partial charge in [-0.1, -0.05) is 24.3 Å². The summed E-state index contributed by atoms with van der Waals surface area (Å²) in [4.78, 5) is 4.50. The fourth-order valence-corrected chi connectivity index (χ4v) is 6.39. The molecular formula is C28H33FN5O6S2+. The number of methoxy groups -OCH3 is 3. The van der Waals surface area contributed by atoms with Crippen molar-refractivity contribution in [3.63, 3.8) is 0 Å². The average molecular weight is 619 g/mol. The number of pyridine rings is 1. The van der Waals surface area contributed by atoms with Crippen LogP contribution >= 0.6 is 0 Å². The molecule has 0 fully saturated rings. The number of hydrogen-bond acceptors (Lipinski definition) is 9. The zero-order valence-electron chi connectivity index (χ0n) is 23.9. The summed E-state index contributed by atoms with van der Waals surface area (Å²) in [7, 11) is 0.0811. The van der Waals surface area contributed by atoms with E-state index in [2.05, 4.69) is 15.2 Å². The smallest absolute Gasteiger partial charge is 0.246 e. The van der Waals surface area contributed by atoms with E-state index in [4.69, 9.17) is 14.2 Å². The molecule has 0 aliphatic heterocycles. The van der Waals surface area contributed by atoms with Crippen molar-refractivity contribution >= 4 is 26.9 Å². The maximum atomic E-state index is 14.0. The van der Waals surface area contributed by atoms with Crippen LogP contribution in [0.25, 0.3) is 17.2 Å². The molecule has 42 heavy (non-hydrogen) atoms. The van der Waals surface area contributed by atoms with Gasteiger partial charge in [0.25, 0.3) is 0 Å². The number of aromatic nitrogens is 4. The molecular weight excluding hydrogens is 585 g/mol. The number of sulfonamides is 1. The van der Waals surface area contributed by atoms with Gasteiger partial charge in [0.05, 0.1) is 52.2 Å². The van der Waals surface area contributed by atoms with Crippen LogP contribution in [0.3, 0.4) is 0 Å². The van der Waals surface area contributed by atoms with Crippen LogP contribution in [0, 0.1) is 5.82 Å². The Kier molecular flexibility index (Phi) is 9.91. The van der Waals surface area contributed by atoms with E-state index in [1.54, 1.807) is 36.4 Å². The zero-order valence-corrected chi connectivity index (χ0v) is 25.5. The third-order valence-corrected chi connectivity index (χ3v) is 9.07. The first-order chi connectivity index (χ1) is 20.1. The predicted octanol–water partition coefficient (Wildman–Crippen LogP) is 3.24. The van der Waals surface area contributed by atoms with Crippen LogP contribution in [-0.2, 0) is 20.9 Å². The fraction of sp³-hybridized carbons (Fsp3) is 0.321. The van der Waals surface area contributed by atoms with Gasteiger partial charge in [-0.15, -0.1) is 10.2 Å². The van der Waals surface area contributed by atoms with Crippen LogP contribution in [0.2, 0.25) is 0 Å². The number of aliphatic hydroxyl groups is 1. The minimum atomic E-state index is -4.24. The Morgan fingerprint density at radius 2 is 1.60 bits per heavy atom. The van der Waals surface area contributed by atoms with Crippen LogP contribution in [-0.4, -0.2) is 85.2 Å². The summed E-state index contributed by atoms with van der Waals surface area (Å²) in [6, 6.07) is 15.3. The Balaban J connectivity index is 1.94. The lowest BCUT2D eigenvalue weighted by Gasteiger charge is -2.26. The van der Waals surface area contributed by atoms with Gasteiger partial charge in [0.1, 0.15) is 34.5 Å². The molecule has 14 heteroatoms. The molecule has 2 aromatic heterocycles. The van der Waals surface area contributed by atoms with Crippen molar-refractivity contribution in [3.05, 3.63) is 72.0 Å². The maximum absolute atomic E-state index is 14.0. The second-order valence-corrected chi connectivity index (χ2v) is 13.7. The monoisotopic (exact) mass is 618 g/mol. The molecule has 11 nitrogen and oxygen atoms in total. The SMILES string of the molecule is COc1cccc(-c2nnc(N(CC[S+](C)C)S(=O)(=O)C[C@H](O)c3ccc(F)cc3)n2-c2c(OC)cccc2OC)n1. The van der Waals surface area contributed by atoms with E-state index in [9.17, 15) is 17.9 Å². The summed E-state index contributed by atoms with van der Waals surface area (Å²) in [6.07, 6.45) is 2.58. The highest BCUT2D eigenvalue weighted by Crippen LogP contribution is 2.39. The predicted molar refractivity (Wildman–Crippen MR) is 161 cm³/mol. The number of aliphatic hydroxyl groups excluding tert-OH is 1. The number of anilines is 1. The summed E-state index contributed by atoms with van der Waals surface area (Å²) >= 11 is 0. The summed E-state index contributed by atoms with van der Waals surface area (Å²) in [5.41, 5.74) is 0.976. The highest BCUT2D eigenvalue weighted by atomic mass is 32.2. The van der Waals surface area contributed by atoms with E-state index in [0.29, 0.717) is 34.5 Å². The standard InChI is InChI=1S/C28H33FN5O6S2/c1-38-23-9-7-10-24(39-2)26(23)34-27(21-8-6-11-25(30-21)40-3)31-32-28(34)33(16-17-41(4)5)42(36,37)18-22(35)19-12-14-20(29)15-13-19/h6-15,22,35H,16-18H2,1-5H3/q+1/t22-/m0/s1. The van der Waals surface area contributed by atoms with Crippen molar-refractivity contribution in [1.29, 1.82) is 0 Å². The second kappa shape index (κ2) is 13.4. The lowest BCUT2D eigenvalue weighted by Crippen LogP contribution is -2.39. The Hall–Kier alpha value is -3.88. The van der Waals surface area contributed by atoms with Crippen molar-refractivity contribution < 1.29 is 32.1 Å². The molecule has 1 atom stereocenters. The number of para-hydroxylation sites is 1. The average Bonchev–Trinajstić information content (AvgIpc) is 3.40. The lowest BCUT2D eigenvalue weighted by molar-refractivity contribution is 0.201. The first kappa shape index (κ1) is 31.1. The van der Waals surface area contributed by atoms with E-state index < -0.39 is 27.7 Å². The molecule has 0 aliphatic carbocycles. The van der Waals surface area contributed by atoms with Gasteiger partial charge in [0.15, 0.2) is 5.82 Å². The number of ether oxygens (including phenoxy) is 3. The lowest BCUT2D eigenvalue weighted by atomic mass is 10.1. The van der Waals surface area contributed by atoms with E-state index in [0.717, 1.165) is 4.31 Å². The first-order valence-electron chi connectivity index (χ1n) is 12.8. The van der Waals surface area contributed by atoms with Gasteiger partial charge >= 0.3 is 0 Å². The molecule has 2 heterocycles. The summed E-state index contributed by atoms with van der Waals surface area (Å²) < 4.78 is 60.8. The third kappa shape index (κ3) is 6.77. The minimum Gasteiger partial charge on any atom is -0.494 e. The van der Waals surface area contributed by atoms with Gasteiger partial charge in [-0.3, -0.25) is 4.57 Å². The molecule has 0 saturated carbocycles. The molecule has 0 spiro atoms. The summed E-state index contributed by atoms with van der Waals surface area (Å²) in [5, 5.41) is 19.6. The topological polar surface area (TPSA) is 129 Å². The first-order valence-corrected chi connectivity index (χ1v) is 16.6. The van der Waals surface area contributed by atoms with Crippen LogP contribution in [0.1, 0.15) is 11.7 Å². The van der Waals surface area contributed by atoms with Crippen LogP contribution < -0.4 is 18.5 Å². The molecule has 224 valence electrons. The van der Waals surface area contributed by atoms with Crippen molar-refractivity contribution in [2.75, 3.05) is 56.2 Å². The van der Waals surface area contributed by atoms with Crippen molar-refractivity contribution in [2.24, 2.45) is 0 Å². The fourth-order valence-electron chi connectivity index (χ4n) is 4.21. The van der Waals surface area contributed by atoms with Crippen molar-refractivity contribution in [2.45, 2.75) is 6.10 Å². The Labute approximate surface area is 247 Å². The quantitative estimate of drug-likeness (QED) is 0.225. The molecule has 1 N–H and O–H groups in total. The number of hydrogen-bond donors (Lipinski definition) is 1. The Bertz CT molecular complexity index is 1590. The van der Waals surface area contributed by atoms with E-state index in [1.165, 1.54) is 50.2 Å². The van der Waals surface area contributed by atoms with Crippen molar-refractivity contribution in [1.82, 2.24) is 19.7 Å². The molecule has 4 aromatic rings. The number of benzene rings is 2. The maximum Gasteiger partial charge on any atom is 0.246 e. The number of nitrogens with zero attached hydrogens (tertiary/aromatic N) is 5. The van der Waals surface area contributed by atoms with Gasteiger partial charge in [0, 0.05) is 6.07 Å².